The minimum Gasteiger partial charge on any atom is -0.478 e. The van der Waals surface area contributed by atoms with E-state index in [-0.39, 0.29) is 42.4 Å². The second-order valence-electron chi connectivity index (χ2n) is 12.1. The largest absolute Gasteiger partial charge is 0.478 e. The third kappa shape index (κ3) is 5.42. The van der Waals surface area contributed by atoms with Gasteiger partial charge in [0, 0.05) is 12.6 Å². The highest BCUT2D eigenvalue weighted by atomic mass is 19.4. The van der Waals surface area contributed by atoms with Crippen LogP contribution in [0.25, 0.3) is 0 Å². The lowest BCUT2D eigenvalue weighted by Crippen LogP contribution is -2.59. The first-order chi connectivity index (χ1) is 20.0. The molecule has 3 fully saturated rings. The lowest BCUT2D eigenvalue weighted by molar-refractivity contribution is -0.178. The maximum Gasteiger partial charge on any atom is 0.416 e. The van der Waals surface area contributed by atoms with Gasteiger partial charge in [0.1, 0.15) is 11.4 Å². The first-order valence-electron chi connectivity index (χ1n) is 14.5. The van der Waals surface area contributed by atoms with Crippen LogP contribution in [0.2, 0.25) is 0 Å². The standard InChI is InChI=1S/C31H34F4N2O5/c32-26-6-1-19(14-25(26)28(39)40)18-8-11-36(12-9-18)23-7-10-30(42-17-23,21-2-3-21)29(41)37-15-20-13-22(31(33,34)35)4-5-24(20)27(38)16-37/h1,4-6,13-14,18,21,23,27,38H,2-3,7-12,15-17H2,(H,39,40)/t23-,27+,30+/m1/s1. The van der Waals surface area contributed by atoms with Gasteiger partial charge in [-0.15, -0.1) is 0 Å². The monoisotopic (exact) mass is 590 g/mol. The van der Waals surface area contributed by atoms with Gasteiger partial charge in [-0.25, -0.2) is 9.18 Å². The fourth-order valence-corrected chi connectivity index (χ4v) is 7.09. The summed E-state index contributed by atoms with van der Waals surface area (Å²) in [6.07, 6.45) is -1.07. The summed E-state index contributed by atoms with van der Waals surface area (Å²) in [5, 5.41) is 20.0. The van der Waals surface area contributed by atoms with Crippen LogP contribution in [0.3, 0.4) is 0 Å². The molecule has 0 bridgehead atoms. The Bertz CT molecular complexity index is 1360. The molecule has 3 aliphatic heterocycles. The summed E-state index contributed by atoms with van der Waals surface area (Å²) in [7, 11) is 0. The zero-order chi connectivity index (χ0) is 29.8. The molecule has 3 heterocycles. The summed E-state index contributed by atoms with van der Waals surface area (Å²) >= 11 is 0. The molecule has 42 heavy (non-hydrogen) atoms. The number of nitrogens with zero attached hydrogens (tertiary/aromatic N) is 2. The molecule has 2 aromatic rings. The van der Waals surface area contributed by atoms with Gasteiger partial charge in [-0.3, -0.25) is 9.69 Å². The Morgan fingerprint density at radius 1 is 1.00 bits per heavy atom. The lowest BCUT2D eigenvalue weighted by Gasteiger charge is -2.47. The Hall–Kier alpha value is -3.02. The van der Waals surface area contributed by atoms with Crippen LogP contribution >= 0.6 is 0 Å². The highest BCUT2D eigenvalue weighted by Gasteiger charge is 2.56. The number of aliphatic hydroxyl groups is 1. The number of carbonyl (C=O) groups is 2. The van der Waals surface area contributed by atoms with Crippen LogP contribution in [0.4, 0.5) is 17.6 Å². The number of β-amino-alcohol motifs (C(OH)–C–C–N with tert-alkyl or cyclic N) is 1. The van der Waals surface area contributed by atoms with E-state index in [1.807, 2.05) is 0 Å². The summed E-state index contributed by atoms with van der Waals surface area (Å²) in [5.74, 6) is -2.10. The molecule has 1 saturated carbocycles. The second-order valence-corrected chi connectivity index (χ2v) is 12.1. The Kier molecular flexibility index (Phi) is 7.55. The van der Waals surface area contributed by atoms with E-state index in [1.165, 1.54) is 23.1 Å². The molecule has 0 spiro atoms. The van der Waals surface area contributed by atoms with Crippen molar-refractivity contribution in [3.8, 4) is 0 Å². The first-order valence-corrected chi connectivity index (χ1v) is 14.5. The molecule has 3 atom stereocenters. The molecule has 0 unspecified atom stereocenters. The molecule has 11 heteroatoms. The zero-order valence-corrected chi connectivity index (χ0v) is 23.1. The van der Waals surface area contributed by atoms with Crippen molar-refractivity contribution in [2.75, 3.05) is 26.2 Å². The number of aromatic carboxylic acids is 1. The summed E-state index contributed by atoms with van der Waals surface area (Å²) in [6, 6.07) is 7.69. The third-order valence-corrected chi connectivity index (χ3v) is 9.59. The number of likely N-dealkylation sites (tertiary alicyclic amines) is 1. The lowest BCUT2D eigenvalue weighted by atomic mass is 9.83. The van der Waals surface area contributed by atoms with Crippen LogP contribution < -0.4 is 0 Å². The Balaban J connectivity index is 1.10. The SMILES string of the molecule is O=C(O)c1cc(C2CCN([C@@H]3CC[C@@](C(=O)N4Cc5cc(C(F)(F)F)ccc5[C@@H](O)C4)(C4CC4)OC3)CC2)ccc1F. The number of hydrogen-bond donors (Lipinski definition) is 2. The van der Waals surface area contributed by atoms with Crippen LogP contribution in [-0.2, 0) is 22.3 Å². The van der Waals surface area contributed by atoms with E-state index in [2.05, 4.69) is 4.90 Å². The number of halogens is 4. The Morgan fingerprint density at radius 3 is 2.36 bits per heavy atom. The van der Waals surface area contributed by atoms with Gasteiger partial charge in [0.25, 0.3) is 5.91 Å². The zero-order valence-electron chi connectivity index (χ0n) is 23.1. The molecule has 6 rings (SSSR count). The number of hydrogen-bond acceptors (Lipinski definition) is 5. The van der Waals surface area contributed by atoms with Crippen LogP contribution in [0.15, 0.2) is 36.4 Å². The highest BCUT2D eigenvalue weighted by Crippen LogP contribution is 2.49. The number of benzene rings is 2. The topological polar surface area (TPSA) is 90.3 Å². The van der Waals surface area contributed by atoms with Crippen LogP contribution in [0.5, 0.6) is 0 Å². The number of carboxylic acid groups (broad SMARTS) is 1. The summed E-state index contributed by atoms with van der Waals surface area (Å²) in [4.78, 5) is 29.1. The molecular formula is C31H34F4N2O5. The van der Waals surface area contributed by atoms with E-state index in [9.17, 15) is 37.4 Å². The predicted octanol–water partition coefficient (Wildman–Crippen LogP) is 5.13. The number of carboxylic acids is 1. The van der Waals surface area contributed by atoms with Crippen molar-refractivity contribution in [3.05, 3.63) is 70.0 Å². The molecule has 2 saturated heterocycles. The van der Waals surface area contributed by atoms with Crippen LogP contribution in [0.1, 0.15) is 83.2 Å². The van der Waals surface area contributed by atoms with Gasteiger partial charge in [-0.1, -0.05) is 12.1 Å². The number of fused-ring (bicyclic) bond motifs is 1. The minimum atomic E-state index is -4.52. The highest BCUT2D eigenvalue weighted by molar-refractivity contribution is 5.88. The van der Waals surface area contributed by atoms with Gasteiger partial charge in [0.05, 0.1) is 30.4 Å². The van der Waals surface area contributed by atoms with Crippen molar-refractivity contribution in [1.82, 2.24) is 9.80 Å². The fourth-order valence-electron chi connectivity index (χ4n) is 7.09. The molecule has 7 nitrogen and oxygen atoms in total. The molecule has 2 N–H and O–H groups in total. The van der Waals surface area contributed by atoms with Gasteiger partial charge < -0.3 is 19.8 Å². The van der Waals surface area contributed by atoms with Gasteiger partial charge in [-0.2, -0.15) is 13.2 Å². The fraction of sp³-hybridized carbons (Fsp3) is 0.548. The molecule has 4 aliphatic rings. The quantitative estimate of drug-likeness (QED) is 0.470. The third-order valence-electron chi connectivity index (χ3n) is 9.59. The summed E-state index contributed by atoms with van der Waals surface area (Å²) in [6.45, 7) is 1.90. The number of alkyl halides is 3. The van der Waals surface area contributed by atoms with E-state index >= 15 is 0 Å². The Morgan fingerprint density at radius 2 is 1.74 bits per heavy atom. The van der Waals surface area contributed by atoms with E-state index in [1.54, 1.807) is 6.07 Å². The van der Waals surface area contributed by atoms with Crippen molar-refractivity contribution in [2.24, 2.45) is 5.92 Å². The molecule has 0 aromatic heterocycles. The van der Waals surface area contributed by atoms with E-state index in [4.69, 9.17) is 4.74 Å². The second kappa shape index (κ2) is 10.9. The number of carbonyl (C=O) groups excluding carboxylic acids is 1. The number of ether oxygens (including phenoxy) is 1. The van der Waals surface area contributed by atoms with Crippen molar-refractivity contribution in [3.63, 3.8) is 0 Å². The molecule has 2 aromatic carbocycles. The molecule has 0 radical (unpaired) electrons. The number of rotatable bonds is 5. The van der Waals surface area contributed by atoms with Crippen LogP contribution in [0, 0.1) is 11.7 Å². The smallest absolute Gasteiger partial charge is 0.416 e. The van der Waals surface area contributed by atoms with E-state index < -0.39 is 35.2 Å². The average molecular weight is 591 g/mol. The maximum atomic E-state index is 14.0. The normalized spacial score (nSPS) is 27.5. The summed E-state index contributed by atoms with van der Waals surface area (Å²) in [5.41, 5.74) is -0.616. The number of aliphatic hydroxyl groups excluding tert-OH is 1. The maximum absolute atomic E-state index is 14.0. The number of amides is 1. The van der Waals surface area contributed by atoms with Gasteiger partial charge in [0.2, 0.25) is 0 Å². The van der Waals surface area contributed by atoms with Crippen molar-refractivity contribution in [2.45, 2.75) is 74.9 Å². The van der Waals surface area contributed by atoms with Gasteiger partial charge in [-0.05, 0) is 104 Å². The molecule has 226 valence electrons. The van der Waals surface area contributed by atoms with Crippen molar-refractivity contribution in [1.29, 1.82) is 0 Å². The van der Waals surface area contributed by atoms with Crippen molar-refractivity contribution >= 4 is 11.9 Å². The molecule has 1 amide bonds. The minimum absolute atomic E-state index is 0.00308. The summed E-state index contributed by atoms with van der Waals surface area (Å²) < 4.78 is 60.3. The van der Waals surface area contributed by atoms with E-state index in [0.29, 0.717) is 24.2 Å². The molecular weight excluding hydrogens is 556 g/mol. The molecule has 1 aliphatic carbocycles. The average Bonchev–Trinajstić information content (AvgIpc) is 3.83. The van der Waals surface area contributed by atoms with Crippen molar-refractivity contribution < 1.29 is 42.1 Å². The number of piperidine rings is 1. The van der Waals surface area contributed by atoms with E-state index in [0.717, 1.165) is 62.9 Å². The Labute approximate surface area is 241 Å². The predicted molar refractivity (Wildman–Crippen MR) is 143 cm³/mol. The van der Waals surface area contributed by atoms with Gasteiger partial charge >= 0.3 is 12.1 Å². The van der Waals surface area contributed by atoms with Crippen LogP contribution in [-0.4, -0.2) is 69.8 Å². The van der Waals surface area contributed by atoms with Gasteiger partial charge in [0.15, 0.2) is 0 Å². The first kappa shape index (κ1) is 29.1.